The van der Waals surface area contributed by atoms with Crippen LogP contribution in [0.4, 0.5) is 0 Å². The summed E-state index contributed by atoms with van der Waals surface area (Å²) in [5.41, 5.74) is 2.86. The van der Waals surface area contributed by atoms with Gasteiger partial charge in [0.25, 0.3) is 5.91 Å². The highest BCUT2D eigenvalue weighted by Crippen LogP contribution is 2.24. The molecule has 5 heteroatoms. The van der Waals surface area contributed by atoms with Crippen LogP contribution in [0.3, 0.4) is 0 Å². The van der Waals surface area contributed by atoms with Crippen LogP contribution in [-0.2, 0) is 0 Å². The third kappa shape index (κ3) is 3.05. The zero-order valence-corrected chi connectivity index (χ0v) is 14.1. The van der Waals surface area contributed by atoms with Crippen molar-refractivity contribution < 1.29 is 4.79 Å². The largest absolute Gasteiger partial charge is 0.333 e. The highest BCUT2D eigenvalue weighted by atomic mass is 32.1. The monoisotopic (exact) mass is 315 g/mol. The second-order valence-corrected chi connectivity index (χ2v) is 6.84. The van der Waals surface area contributed by atoms with Gasteiger partial charge in [-0.3, -0.25) is 4.79 Å². The van der Waals surface area contributed by atoms with Gasteiger partial charge in [0.1, 0.15) is 5.01 Å². The molecule has 3 rings (SSSR count). The first-order valence-corrected chi connectivity index (χ1v) is 8.44. The van der Waals surface area contributed by atoms with E-state index in [1.54, 1.807) is 11.3 Å². The van der Waals surface area contributed by atoms with Crippen molar-refractivity contribution in [2.75, 3.05) is 26.7 Å². The smallest absolute Gasteiger partial charge is 0.254 e. The fourth-order valence-corrected chi connectivity index (χ4v) is 3.65. The number of carbonyl (C=O) groups excluding carboxylic acids is 1. The normalized spacial score (nSPS) is 19.4. The number of piperazine rings is 1. The average Bonchev–Trinajstić information content (AvgIpc) is 2.93. The lowest BCUT2D eigenvalue weighted by molar-refractivity contribution is 0.0533. The lowest BCUT2D eigenvalue weighted by Gasteiger charge is -2.38. The number of amides is 1. The van der Waals surface area contributed by atoms with E-state index in [4.69, 9.17) is 0 Å². The van der Waals surface area contributed by atoms with Gasteiger partial charge in [-0.25, -0.2) is 4.98 Å². The average molecular weight is 315 g/mol. The molecule has 0 spiro atoms. The highest BCUT2D eigenvalue weighted by molar-refractivity contribution is 7.13. The number of benzene rings is 1. The van der Waals surface area contributed by atoms with Crippen molar-refractivity contribution in [3.63, 3.8) is 0 Å². The van der Waals surface area contributed by atoms with Crippen LogP contribution in [0.2, 0.25) is 0 Å². The molecule has 116 valence electrons. The molecule has 1 unspecified atom stereocenters. The minimum Gasteiger partial charge on any atom is -0.333 e. The molecule has 0 radical (unpaired) electrons. The Bertz CT molecular complexity index is 665. The molecule has 22 heavy (non-hydrogen) atoms. The zero-order chi connectivity index (χ0) is 15.7. The van der Waals surface area contributed by atoms with Gasteiger partial charge in [0, 0.05) is 47.9 Å². The van der Waals surface area contributed by atoms with Crippen molar-refractivity contribution in [1.29, 1.82) is 0 Å². The van der Waals surface area contributed by atoms with Crippen molar-refractivity contribution in [1.82, 2.24) is 14.8 Å². The Morgan fingerprint density at radius 3 is 2.59 bits per heavy atom. The molecule has 1 aromatic heterocycles. The molecule has 1 atom stereocenters. The number of likely N-dealkylation sites (N-methyl/N-ethyl adjacent to an activating group) is 1. The van der Waals surface area contributed by atoms with Gasteiger partial charge < -0.3 is 9.80 Å². The topological polar surface area (TPSA) is 36.4 Å². The van der Waals surface area contributed by atoms with E-state index in [1.807, 2.05) is 41.5 Å². The number of rotatable bonds is 2. The molecule has 1 aliphatic heterocycles. The van der Waals surface area contributed by atoms with Gasteiger partial charge in [0.2, 0.25) is 0 Å². The molecule has 0 saturated carbocycles. The first kappa shape index (κ1) is 15.2. The Labute approximate surface area is 135 Å². The number of nitrogens with zero attached hydrogens (tertiary/aromatic N) is 3. The van der Waals surface area contributed by atoms with Gasteiger partial charge >= 0.3 is 0 Å². The van der Waals surface area contributed by atoms with E-state index in [-0.39, 0.29) is 11.9 Å². The number of aromatic nitrogens is 1. The number of hydrogen-bond acceptors (Lipinski definition) is 4. The molecule has 1 aliphatic rings. The Kier molecular flexibility index (Phi) is 4.27. The SMILES string of the molecule is Cc1csc(-c2ccc(C(=O)N3CCN(C)CC3C)cc2)n1. The second kappa shape index (κ2) is 6.18. The second-order valence-electron chi connectivity index (χ2n) is 5.98. The maximum Gasteiger partial charge on any atom is 0.254 e. The lowest BCUT2D eigenvalue weighted by atomic mass is 10.1. The Morgan fingerprint density at radius 1 is 1.27 bits per heavy atom. The summed E-state index contributed by atoms with van der Waals surface area (Å²) < 4.78 is 0. The molecular formula is C17H21N3OS. The minimum absolute atomic E-state index is 0.127. The number of thiazole rings is 1. The van der Waals surface area contributed by atoms with Crippen LogP contribution in [-0.4, -0.2) is 53.4 Å². The maximum absolute atomic E-state index is 12.7. The minimum atomic E-state index is 0.127. The predicted octanol–water partition coefficient (Wildman–Crippen LogP) is 2.89. The summed E-state index contributed by atoms with van der Waals surface area (Å²) in [7, 11) is 2.10. The molecule has 1 amide bonds. The molecule has 1 saturated heterocycles. The molecule has 1 aromatic carbocycles. The standard InChI is InChI=1S/C17H21N3OS/c1-12-11-22-16(18-12)14-4-6-15(7-5-14)17(21)20-9-8-19(3)10-13(20)2/h4-7,11,13H,8-10H2,1-3H3. The van der Waals surface area contributed by atoms with Crippen LogP contribution in [0.25, 0.3) is 10.6 Å². The van der Waals surface area contributed by atoms with E-state index in [0.717, 1.165) is 41.5 Å². The Hall–Kier alpha value is -1.72. The number of carbonyl (C=O) groups is 1. The third-order valence-electron chi connectivity index (χ3n) is 4.09. The molecular weight excluding hydrogens is 294 g/mol. The predicted molar refractivity (Wildman–Crippen MR) is 90.3 cm³/mol. The Morgan fingerprint density at radius 2 is 2.00 bits per heavy atom. The summed E-state index contributed by atoms with van der Waals surface area (Å²) >= 11 is 1.63. The molecule has 0 N–H and O–H groups in total. The summed E-state index contributed by atoms with van der Waals surface area (Å²) in [5.74, 6) is 0.127. The van der Waals surface area contributed by atoms with Crippen molar-refractivity contribution in [3.8, 4) is 10.6 Å². The van der Waals surface area contributed by atoms with Crippen molar-refractivity contribution in [3.05, 3.63) is 40.9 Å². The molecule has 0 bridgehead atoms. The van der Waals surface area contributed by atoms with E-state index >= 15 is 0 Å². The van der Waals surface area contributed by atoms with Crippen molar-refractivity contribution in [2.45, 2.75) is 19.9 Å². The summed E-state index contributed by atoms with van der Waals surface area (Å²) in [4.78, 5) is 21.4. The lowest BCUT2D eigenvalue weighted by Crippen LogP contribution is -2.52. The Balaban J connectivity index is 1.76. The van der Waals surface area contributed by atoms with Crippen LogP contribution in [0.1, 0.15) is 23.0 Å². The van der Waals surface area contributed by atoms with Crippen LogP contribution in [0.5, 0.6) is 0 Å². The summed E-state index contributed by atoms with van der Waals surface area (Å²) in [5, 5.41) is 3.05. The molecule has 2 aromatic rings. The molecule has 1 fully saturated rings. The van der Waals surface area contributed by atoms with Gasteiger partial charge in [0.15, 0.2) is 0 Å². The first-order valence-electron chi connectivity index (χ1n) is 7.56. The van der Waals surface area contributed by atoms with E-state index in [2.05, 4.69) is 23.9 Å². The number of hydrogen-bond donors (Lipinski definition) is 0. The van der Waals surface area contributed by atoms with E-state index in [1.165, 1.54) is 0 Å². The molecule has 2 heterocycles. The highest BCUT2D eigenvalue weighted by Gasteiger charge is 2.26. The van der Waals surface area contributed by atoms with Crippen LogP contribution < -0.4 is 0 Å². The van der Waals surface area contributed by atoms with Crippen LogP contribution in [0.15, 0.2) is 29.6 Å². The quantitative estimate of drug-likeness (QED) is 0.855. The van der Waals surface area contributed by atoms with Crippen LogP contribution in [0, 0.1) is 6.92 Å². The third-order valence-corrected chi connectivity index (χ3v) is 5.10. The zero-order valence-electron chi connectivity index (χ0n) is 13.2. The van der Waals surface area contributed by atoms with Gasteiger partial charge in [-0.05, 0) is 33.0 Å². The van der Waals surface area contributed by atoms with E-state index in [9.17, 15) is 4.79 Å². The van der Waals surface area contributed by atoms with Crippen molar-refractivity contribution in [2.24, 2.45) is 0 Å². The maximum atomic E-state index is 12.7. The first-order chi connectivity index (χ1) is 10.5. The molecule has 4 nitrogen and oxygen atoms in total. The molecule has 0 aliphatic carbocycles. The van der Waals surface area contributed by atoms with Crippen LogP contribution >= 0.6 is 11.3 Å². The fraction of sp³-hybridized carbons (Fsp3) is 0.412. The summed E-state index contributed by atoms with van der Waals surface area (Å²) in [6, 6.07) is 8.07. The fourth-order valence-electron chi connectivity index (χ4n) is 2.85. The van der Waals surface area contributed by atoms with Gasteiger partial charge in [-0.1, -0.05) is 12.1 Å². The van der Waals surface area contributed by atoms with E-state index < -0.39 is 0 Å². The number of aryl methyl sites for hydroxylation is 1. The summed E-state index contributed by atoms with van der Waals surface area (Å²) in [6.07, 6.45) is 0. The van der Waals surface area contributed by atoms with Gasteiger partial charge in [-0.2, -0.15) is 0 Å². The summed E-state index contributed by atoms with van der Waals surface area (Å²) in [6.45, 7) is 6.77. The van der Waals surface area contributed by atoms with Gasteiger partial charge in [-0.15, -0.1) is 11.3 Å². The van der Waals surface area contributed by atoms with Crippen molar-refractivity contribution >= 4 is 17.2 Å². The van der Waals surface area contributed by atoms with Gasteiger partial charge in [0.05, 0.1) is 0 Å². The van der Waals surface area contributed by atoms with E-state index in [0.29, 0.717) is 0 Å².